The summed E-state index contributed by atoms with van der Waals surface area (Å²) in [7, 11) is 0. The van der Waals surface area contributed by atoms with Gasteiger partial charge in [-0.15, -0.1) is 0 Å². The standard InChI is InChI=1S/C22H38N4O8/c1-13(2)19(25-15(27)7-5-9-17(29)30)21(33)23-11-12-24-22(34)20(14(3)4)26-16(28)8-6-10-18(31)32/h13-14,19-20H,5-12H2,1-4H3,(H,23,33)(H,24,34)(H,25,27)(H,26,28)(H,29,30)(H,31,32)/t19-,20-/m0/s1. The Hall–Kier alpha value is -3.18. The van der Waals surface area contributed by atoms with Crippen molar-refractivity contribution in [3.8, 4) is 0 Å². The fourth-order valence-corrected chi connectivity index (χ4v) is 2.95. The summed E-state index contributed by atoms with van der Waals surface area (Å²) >= 11 is 0. The fourth-order valence-electron chi connectivity index (χ4n) is 2.95. The van der Waals surface area contributed by atoms with E-state index in [-0.39, 0.29) is 63.5 Å². The zero-order valence-electron chi connectivity index (χ0n) is 20.3. The average molecular weight is 487 g/mol. The number of rotatable bonds is 17. The maximum Gasteiger partial charge on any atom is 0.303 e. The average Bonchev–Trinajstić information content (AvgIpc) is 2.72. The highest BCUT2D eigenvalue weighted by molar-refractivity contribution is 5.89. The quantitative estimate of drug-likeness (QED) is 0.155. The lowest BCUT2D eigenvalue weighted by Crippen LogP contribution is -2.52. The van der Waals surface area contributed by atoms with Crippen molar-refractivity contribution in [3.05, 3.63) is 0 Å². The molecule has 0 fully saturated rings. The van der Waals surface area contributed by atoms with Crippen molar-refractivity contribution in [1.82, 2.24) is 21.3 Å². The van der Waals surface area contributed by atoms with Crippen molar-refractivity contribution in [3.63, 3.8) is 0 Å². The van der Waals surface area contributed by atoms with Gasteiger partial charge in [-0.3, -0.25) is 28.8 Å². The fraction of sp³-hybridized carbons (Fsp3) is 0.727. The van der Waals surface area contributed by atoms with Gasteiger partial charge in [-0.1, -0.05) is 27.7 Å². The van der Waals surface area contributed by atoms with E-state index in [4.69, 9.17) is 10.2 Å². The molecular weight excluding hydrogens is 448 g/mol. The first-order valence-corrected chi connectivity index (χ1v) is 11.4. The predicted octanol–water partition coefficient (Wildman–Crippen LogP) is 0.0102. The van der Waals surface area contributed by atoms with Gasteiger partial charge in [-0.05, 0) is 24.7 Å². The number of hydrogen-bond donors (Lipinski definition) is 6. The molecule has 0 aromatic heterocycles. The van der Waals surface area contributed by atoms with E-state index in [0.29, 0.717) is 0 Å². The molecular formula is C22H38N4O8. The van der Waals surface area contributed by atoms with Crippen LogP contribution in [0.3, 0.4) is 0 Å². The van der Waals surface area contributed by atoms with E-state index in [1.54, 1.807) is 27.7 Å². The highest BCUT2D eigenvalue weighted by atomic mass is 16.4. The third kappa shape index (κ3) is 14.1. The minimum atomic E-state index is -0.995. The van der Waals surface area contributed by atoms with Gasteiger partial charge >= 0.3 is 11.9 Å². The van der Waals surface area contributed by atoms with E-state index in [2.05, 4.69) is 21.3 Å². The van der Waals surface area contributed by atoms with E-state index < -0.39 is 47.7 Å². The number of amides is 4. The molecule has 12 nitrogen and oxygen atoms in total. The minimum absolute atomic E-state index is 0.00250. The van der Waals surface area contributed by atoms with Gasteiger partial charge in [0.1, 0.15) is 12.1 Å². The molecule has 0 rings (SSSR count). The number of aliphatic carboxylic acids is 2. The van der Waals surface area contributed by atoms with Gasteiger partial charge in [-0.2, -0.15) is 0 Å². The zero-order chi connectivity index (χ0) is 26.3. The monoisotopic (exact) mass is 486 g/mol. The second-order valence-electron chi connectivity index (χ2n) is 8.66. The van der Waals surface area contributed by atoms with E-state index >= 15 is 0 Å². The van der Waals surface area contributed by atoms with Crippen molar-refractivity contribution in [2.45, 2.75) is 78.3 Å². The summed E-state index contributed by atoms with van der Waals surface area (Å²) in [5.74, 6) is -4.09. The summed E-state index contributed by atoms with van der Waals surface area (Å²) in [6.07, 6.45) is 0.0755. The molecule has 12 heteroatoms. The van der Waals surface area contributed by atoms with Gasteiger partial charge in [0.15, 0.2) is 0 Å². The SMILES string of the molecule is CC(C)[C@H](NC(=O)CCCC(=O)O)C(=O)NCCNC(=O)[C@@H](NC(=O)CCCC(=O)O)C(C)C. The Morgan fingerprint density at radius 1 is 0.588 bits per heavy atom. The van der Waals surface area contributed by atoms with Crippen LogP contribution in [0.1, 0.15) is 66.2 Å². The first kappa shape index (κ1) is 30.8. The molecule has 0 unspecified atom stereocenters. The summed E-state index contributed by atoms with van der Waals surface area (Å²) in [6.45, 7) is 7.23. The second-order valence-corrected chi connectivity index (χ2v) is 8.66. The first-order chi connectivity index (χ1) is 15.8. The van der Waals surface area contributed by atoms with Crippen LogP contribution in [-0.4, -0.2) is 71.0 Å². The van der Waals surface area contributed by atoms with Crippen molar-refractivity contribution in [1.29, 1.82) is 0 Å². The Labute approximate surface area is 199 Å². The Balaban J connectivity index is 4.53. The molecule has 0 radical (unpaired) electrons. The highest BCUT2D eigenvalue weighted by Crippen LogP contribution is 2.05. The minimum Gasteiger partial charge on any atom is -0.481 e. The Bertz CT molecular complexity index is 664. The molecule has 34 heavy (non-hydrogen) atoms. The topological polar surface area (TPSA) is 191 Å². The number of carboxylic acids is 2. The Morgan fingerprint density at radius 2 is 0.912 bits per heavy atom. The molecule has 0 bridgehead atoms. The van der Waals surface area contributed by atoms with Crippen LogP contribution in [-0.2, 0) is 28.8 Å². The van der Waals surface area contributed by atoms with Crippen LogP contribution in [0, 0.1) is 11.8 Å². The smallest absolute Gasteiger partial charge is 0.303 e. The third-order valence-electron chi connectivity index (χ3n) is 4.84. The first-order valence-electron chi connectivity index (χ1n) is 11.4. The molecule has 0 heterocycles. The van der Waals surface area contributed by atoms with Crippen molar-refractivity contribution >= 4 is 35.6 Å². The van der Waals surface area contributed by atoms with E-state index in [1.165, 1.54) is 0 Å². The highest BCUT2D eigenvalue weighted by Gasteiger charge is 2.25. The molecule has 0 saturated carbocycles. The van der Waals surface area contributed by atoms with Gasteiger partial charge in [0.2, 0.25) is 23.6 Å². The van der Waals surface area contributed by atoms with Crippen molar-refractivity contribution in [2.75, 3.05) is 13.1 Å². The predicted molar refractivity (Wildman–Crippen MR) is 123 cm³/mol. The summed E-state index contributed by atoms with van der Waals surface area (Å²) in [4.78, 5) is 70.0. The van der Waals surface area contributed by atoms with Gasteiger partial charge in [0, 0.05) is 38.8 Å². The molecule has 0 saturated heterocycles. The number of carbonyl (C=O) groups is 6. The second kappa shape index (κ2) is 16.4. The molecule has 0 spiro atoms. The number of nitrogens with one attached hydrogen (secondary N) is 4. The van der Waals surface area contributed by atoms with Crippen LogP contribution in [0.5, 0.6) is 0 Å². The van der Waals surface area contributed by atoms with E-state index in [1.807, 2.05) is 0 Å². The molecule has 0 aliphatic heterocycles. The van der Waals surface area contributed by atoms with Crippen LogP contribution in [0.25, 0.3) is 0 Å². The van der Waals surface area contributed by atoms with E-state index in [0.717, 1.165) is 0 Å². The van der Waals surface area contributed by atoms with Crippen LogP contribution in [0.2, 0.25) is 0 Å². The number of hydrogen-bond acceptors (Lipinski definition) is 6. The summed E-state index contributed by atoms with van der Waals surface area (Å²) in [6, 6.07) is -1.61. The lowest BCUT2D eigenvalue weighted by Gasteiger charge is -2.23. The number of carboxylic acid groups (broad SMARTS) is 2. The van der Waals surface area contributed by atoms with Crippen LogP contribution in [0.15, 0.2) is 0 Å². The maximum atomic E-state index is 12.5. The van der Waals surface area contributed by atoms with Crippen molar-refractivity contribution < 1.29 is 39.0 Å². The van der Waals surface area contributed by atoms with Gasteiger partial charge in [0.25, 0.3) is 0 Å². The van der Waals surface area contributed by atoms with Crippen LogP contribution >= 0.6 is 0 Å². The van der Waals surface area contributed by atoms with Gasteiger partial charge < -0.3 is 31.5 Å². The normalized spacial score (nSPS) is 12.5. The zero-order valence-corrected chi connectivity index (χ0v) is 20.3. The van der Waals surface area contributed by atoms with Crippen molar-refractivity contribution in [2.24, 2.45) is 11.8 Å². The molecule has 194 valence electrons. The largest absolute Gasteiger partial charge is 0.481 e. The molecule has 2 atom stereocenters. The third-order valence-corrected chi connectivity index (χ3v) is 4.84. The molecule has 6 N–H and O–H groups in total. The lowest BCUT2D eigenvalue weighted by molar-refractivity contribution is -0.138. The van der Waals surface area contributed by atoms with Gasteiger partial charge in [-0.25, -0.2) is 0 Å². The molecule has 0 aromatic rings. The molecule has 0 aliphatic carbocycles. The molecule has 0 aromatic carbocycles. The summed E-state index contributed by atoms with van der Waals surface area (Å²) in [5.41, 5.74) is 0. The lowest BCUT2D eigenvalue weighted by atomic mass is 10.0. The van der Waals surface area contributed by atoms with Crippen LogP contribution in [0.4, 0.5) is 0 Å². The van der Waals surface area contributed by atoms with Crippen LogP contribution < -0.4 is 21.3 Å². The number of carbonyl (C=O) groups excluding carboxylic acids is 4. The van der Waals surface area contributed by atoms with E-state index in [9.17, 15) is 28.8 Å². The summed E-state index contributed by atoms with van der Waals surface area (Å²) < 4.78 is 0. The molecule has 0 aliphatic rings. The Morgan fingerprint density at radius 3 is 1.18 bits per heavy atom. The molecule has 4 amide bonds. The van der Waals surface area contributed by atoms with Gasteiger partial charge in [0.05, 0.1) is 0 Å². The Kier molecular flexibility index (Phi) is 14.9. The summed E-state index contributed by atoms with van der Waals surface area (Å²) in [5, 5.41) is 27.8. The maximum absolute atomic E-state index is 12.5.